The fraction of sp³-hybridized carbons (Fsp3) is 0.292. The van der Waals surface area contributed by atoms with Crippen molar-refractivity contribution < 1.29 is 24.2 Å². The normalized spacial score (nSPS) is 25.4. The van der Waals surface area contributed by atoms with Gasteiger partial charge in [0.2, 0.25) is 5.91 Å². The van der Waals surface area contributed by atoms with Gasteiger partial charge in [0.25, 0.3) is 0 Å². The average Bonchev–Trinajstić information content (AvgIpc) is 3.27. The third-order valence-corrected chi connectivity index (χ3v) is 6.49. The number of hydroxylamine groups is 2. The van der Waals surface area contributed by atoms with Crippen LogP contribution in [0.5, 0.6) is 17.2 Å². The molecule has 1 N–H and O–H groups in total. The molecule has 1 spiro atoms. The Morgan fingerprint density at radius 2 is 1.84 bits per heavy atom. The molecule has 2 aromatic carbocycles. The van der Waals surface area contributed by atoms with Crippen LogP contribution in [-0.2, 0) is 10.2 Å². The molecule has 0 bridgehead atoms. The zero-order chi connectivity index (χ0) is 21.2. The molecule has 2 aromatic rings. The highest BCUT2D eigenvalue weighted by molar-refractivity contribution is 6.11. The van der Waals surface area contributed by atoms with Crippen molar-refractivity contribution in [2.24, 2.45) is 0 Å². The number of amides is 1. The van der Waals surface area contributed by atoms with Crippen molar-refractivity contribution in [1.82, 2.24) is 5.06 Å². The van der Waals surface area contributed by atoms with Gasteiger partial charge in [-0.1, -0.05) is 30.4 Å². The topological polar surface area (TPSA) is 71.5 Å². The number of nitrogens with zero attached hydrogens (tertiary/aromatic N) is 2. The molecule has 4 aliphatic heterocycles. The summed E-state index contributed by atoms with van der Waals surface area (Å²) in [6, 6.07) is 11.4. The van der Waals surface area contributed by atoms with Crippen molar-refractivity contribution in [2.45, 2.75) is 18.4 Å². The number of ether oxygens (including phenoxy) is 3. The smallest absolute Gasteiger partial charge is 0.246 e. The SMILES string of the molecule is CC1C=CC=C(CN2C(=O)C3(COc4cc5c(cc43)OCCO5)c3ccccc32)N1O. The van der Waals surface area contributed by atoms with Crippen LogP contribution in [0.3, 0.4) is 0 Å². The van der Waals surface area contributed by atoms with Gasteiger partial charge in [-0.3, -0.25) is 15.1 Å². The Morgan fingerprint density at radius 3 is 2.68 bits per heavy atom. The lowest BCUT2D eigenvalue weighted by Gasteiger charge is -2.31. The number of hydrogen-bond acceptors (Lipinski definition) is 6. The fourth-order valence-electron chi connectivity index (χ4n) is 4.90. The van der Waals surface area contributed by atoms with Crippen LogP contribution >= 0.6 is 0 Å². The van der Waals surface area contributed by atoms with Crippen LogP contribution < -0.4 is 19.1 Å². The maximum atomic E-state index is 14.0. The summed E-state index contributed by atoms with van der Waals surface area (Å²) in [7, 11) is 0. The first-order chi connectivity index (χ1) is 15.1. The van der Waals surface area contributed by atoms with Crippen molar-refractivity contribution in [3.05, 3.63) is 71.5 Å². The van der Waals surface area contributed by atoms with Gasteiger partial charge < -0.3 is 19.1 Å². The molecule has 0 saturated heterocycles. The zero-order valence-electron chi connectivity index (χ0n) is 17.1. The molecule has 0 radical (unpaired) electrons. The van der Waals surface area contributed by atoms with Gasteiger partial charge in [0, 0.05) is 17.3 Å². The summed E-state index contributed by atoms with van der Waals surface area (Å²) in [6.45, 7) is 3.35. The van der Waals surface area contributed by atoms with Crippen LogP contribution in [-0.4, -0.2) is 48.6 Å². The second kappa shape index (κ2) is 6.52. The molecule has 2 unspecified atom stereocenters. The molecule has 31 heavy (non-hydrogen) atoms. The molecule has 158 valence electrons. The number of anilines is 1. The standard InChI is InChI=1S/C24H22N2O5/c1-15-5-4-6-16(26(15)28)13-25-19-8-3-2-7-17(19)24(23(25)27)14-31-20-12-22-21(11-18(20)24)29-9-10-30-22/h2-8,11-12,15,28H,9-10,13-14H2,1H3. The Kier molecular flexibility index (Phi) is 3.86. The highest BCUT2D eigenvalue weighted by Crippen LogP contribution is 2.54. The van der Waals surface area contributed by atoms with Gasteiger partial charge in [-0.15, -0.1) is 0 Å². The zero-order valence-corrected chi connectivity index (χ0v) is 17.1. The highest BCUT2D eigenvalue weighted by Gasteiger charge is 2.57. The molecule has 0 fully saturated rings. The maximum Gasteiger partial charge on any atom is 0.246 e. The maximum absolute atomic E-state index is 14.0. The number of hydrogen-bond donors (Lipinski definition) is 1. The van der Waals surface area contributed by atoms with Crippen molar-refractivity contribution in [2.75, 3.05) is 31.3 Å². The number of allylic oxidation sites excluding steroid dienone is 2. The molecule has 0 aromatic heterocycles. The van der Waals surface area contributed by atoms with Gasteiger partial charge in [-0.25, -0.2) is 0 Å². The van der Waals surface area contributed by atoms with Crippen molar-refractivity contribution in [1.29, 1.82) is 0 Å². The molecule has 0 aliphatic carbocycles. The second-order valence-electron chi connectivity index (χ2n) is 8.22. The summed E-state index contributed by atoms with van der Waals surface area (Å²) in [5.41, 5.74) is 2.24. The van der Waals surface area contributed by atoms with E-state index in [1.807, 2.05) is 61.5 Å². The van der Waals surface area contributed by atoms with E-state index in [0.29, 0.717) is 36.2 Å². The molecular formula is C24H22N2O5. The number of benzene rings is 2. The molecular weight excluding hydrogens is 396 g/mol. The third kappa shape index (κ3) is 2.47. The minimum absolute atomic E-state index is 0.0689. The third-order valence-electron chi connectivity index (χ3n) is 6.49. The molecule has 6 rings (SSSR count). The van der Waals surface area contributed by atoms with E-state index in [2.05, 4.69) is 0 Å². The molecule has 4 heterocycles. The van der Waals surface area contributed by atoms with E-state index >= 15 is 0 Å². The first kappa shape index (κ1) is 18.3. The van der Waals surface area contributed by atoms with Gasteiger partial charge in [-0.05, 0) is 30.7 Å². The molecule has 4 aliphatic rings. The summed E-state index contributed by atoms with van der Waals surface area (Å²) >= 11 is 0. The van der Waals surface area contributed by atoms with Gasteiger partial charge in [0.05, 0.1) is 18.3 Å². The van der Waals surface area contributed by atoms with Crippen molar-refractivity contribution in [3.63, 3.8) is 0 Å². The van der Waals surface area contributed by atoms with Crippen LogP contribution in [0.1, 0.15) is 18.1 Å². The van der Waals surface area contributed by atoms with Gasteiger partial charge in [-0.2, -0.15) is 0 Å². The molecule has 7 heteroatoms. The van der Waals surface area contributed by atoms with Gasteiger partial charge in [0.1, 0.15) is 31.0 Å². The summed E-state index contributed by atoms with van der Waals surface area (Å²) in [5, 5.41) is 11.7. The molecule has 0 saturated carbocycles. The number of carbonyl (C=O) groups excluding carboxylic acids is 1. The fourth-order valence-corrected chi connectivity index (χ4v) is 4.90. The number of carbonyl (C=O) groups is 1. The Hall–Kier alpha value is -3.45. The summed E-state index contributed by atoms with van der Waals surface area (Å²) in [4.78, 5) is 15.7. The minimum Gasteiger partial charge on any atom is -0.491 e. The lowest BCUT2D eigenvalue weighted by molar-refractivity contribution is -0.122. The van der Waals surface area contributed by atoms with E-state index in [9.17, 15) is 10.0 Å². The lowest BCUT2D eigenvalue weighted by Crippen LogP contribution is -2.45. The van der Waals surface area contributed by atoms with Crippen LogP contribution in [0.15, 0.2) is 60.3 Å². The van der Waals surface area contributed by atoms with Crippen LogP contribution in [0.4, 0.5) is 5.69 Å². The number of rotatable bonds is 2. The number of fused-ring (bicyclic) bond motifs is 5. The highest BCUT2D eigenvalue weighted by atomic mass is 16.6. The van der Waals surface area contributed by atoms with E-state index in [4.69, 9.17) is 14.2 Å². The summed E-state index contributed by atoms with van der Waals surface area (Å²) in [6.07, 6.45) is 5.64. The Bertz CT molecular complexity index is 1160. The van der Waals surface area contributed by atoms with E-state index in [1.165, 1.54) is 5.06 Å². The van der Waals surface area contributed by atoms with Crippen LogP contribution in [0.2, 0.25) is 0 Å². The minimum atomic E-state index is -0.946. The van der Waals surface area contributed by atoms with E-state index < -0.39 is 5.41 Å². The first-order valence-corrected chi connectivity index (χ1v) is 10.4. The Balaban J connectivity index is 1.46. The predicted molar refractivity (Wildman–Crippen MR) is 113 cm³/mol. The quantitative estimate of drug-likeness (QED) is 0.809. The van der Waals surface area contributed by atoms with E-state index in [0.717, 1.165) is 16.8 Å². The average molecular weight is 418 g/mol. The Morgan fingerprint density at radius 1 is 1.06 bits per heavy atom. The summed E-state index contributed by atoms with van der Waals surface area (Å²) < 4.78 is 17.5. The van der Waals surface area contributed by atoms with E-state index in [1.54, 1.807) is 4.90 Å². The molecule has 7 nitrogen and oxygen atoms in total. The largest absolute Gasteiger partial charge is 0.491 e. The van der Waals surface area contributed by atoms with Gasteiger partial charge in [0.15, 0.2) is 11.5 Å². The second-order valence-corrected chi connectivity index (χ2v) is 8.22. The van der Waals surface area contributed by atoms with Crippen LogP contribution in [0.25, 0.3) is 0 Å². The monoisotopic (exact) mass is 418 g/mol. The molecule has 1 amide bonds. The van der Waals surface area contributed by atoms with Gasteiger partial charge >= 0.3 is 0 Å². The van der Waals surface area contributed by atoms with Crippen molar-refractivity contribution >= 4 is 11.6 Å². The van der Waals surface area contributed by atoms with Crippen molar-refractivity contribution in [3.8, 4) is 17.2 Å². The summed E-state index contributed by atoms with van der Waals surface area (Å²) in [5.74, 6) is 1.85. The lowest BCUT2D eigenvalue weighted by atomic mass is 9.77. The predicted octanol–water partition coefficient (Wildman–Crippen LogP) is 3.02. The first-order valence-electron chi connectivity index (χ1n) is 10.4. The molecule has 2 atom stereocenters. The van der Waals surface area contributed by atoms with E-state index in [-0.39, 0.29) is 25.1 Å². The number of para-hydroxylation sites is 1. The Labute approximate surface area is 179 Å². The van der Waals surface area contributed by atoms with Crippen LogP contribution in [0, 0.1) is 0 Å².